The van der Waals surface area contributed by atoms with Crippen LogP contribution in [0.3, 0.4) is 0 Å². The average molecular weight is 217 g/mol. The maximum atomic E-state index is 12.3. The van der Waals surface area contributed by atoms with E-state index in [4.69, 9.17) is 11.6 Å². The molecule has 1 aromatic rings. The SMILES string of the molecule is FC(F)c1cccc(C=CCCCl)c1. The second-order valence-electron chi connectivity index (χ2n) is 2.85. The molecule has 1 rings (SSSR count). The van der Waals surface area contributed by atoms with Crippen LogP contribution in [-0.4, -0.2) is 5.88 Å². The van der Waals surface area contributed by atoms with Gasteiger partial charge in [0.1, 0.15) is 0 Å². The predicted molar refractivity (Wildman–Crippen MR) is 55.8 cm³/mol. The minimum atomic E-state index is -2.41. The molecule has 0 bridgehead atoms. The maximum Gasteiger partial charge on any atom is 0.263 e. The lowest BCUT2D eigenvalue weighted by molar-refractivity contribution is 0.151. The predicted octanol–water partition coefficient (Wildman–Crippen LogP) is 4.27. The van der Waals surface area contributed by atoms with E-state index in [0.717, 1.165) is 12.0 Å². The van der Waals surface area contributed by atoms with Gasteiger partial charge in [-0.3, -0.25) is 0 Å². The average Bonchev–Trinajstić information content (AvgIpc) is 2.19. The lowest BCUT2D eigenvalue weighted by atomic mass is 10.1. The van der Waals surface area contributed by atoms with Gasteiger partial charge in [-0.15, -0.1) is 11.6 Å². The van der Waals surface area contributed by atoms with Gasteiger partial charge in [0.2, 0.25) is 0 Å². The molecule has 0 unspecified atom stereocenters. The molecular weight excluding hydrogens is 206 g/mol. The molecule has 76 valence electrons. The van der Waals surface area contributed by atoms with E-state index >= 15 is 0 Å². The highest BCUT2D eigenvalue weighted by Crippen LogP contribution is 2.19. The van der Waals surface area contributed by atoms with Crippen molar-refractivity contribution in [3.63, 3.8) is 0 Å². The highest BCUT2D eigenvalue weighted by molar-refractivity contribution is 6.17. The number of rotatable bonds is 4. The van der Waals surface area contributed by atoms with Crippen molar-refractivity contribution < 1.29 is 8.78 Å². The minimum absolute atomic E-state index is 0.0537. The van der Waals surface area contributed by atoms with E-state index in [-0.39, 0.29) is 5.56 Å². The summed E-state index contributed by atoms with van der Waals surface area (Å²) in [6.07, 6.45) is 2.02. The monoisotopic (exact) mass is 216 g/mol. The van der Waals surface area contributed by atoms with Crippen molar-refractivity contribution >= 4 is 17.7 Å². The Balaban J connectivity index is 2.73. The molecule has 0 radical (unpaired) electrons. The molecule has 0 aliphatic carbocycles. The number of hydrogen-bond acceptors (Lipinski definition) is 0. The minimum Gasteiger partial charge on any atom is -0.205 e. The molecule has 0 saturated heterocycles. The molecular formula is C11H11ClF2. The van der Waals surface area contributed by atoms with Crippen LogP contribution in [0.5, 0.6) is 0 Å². The van der Waals surface area contributed by atoms with Crippen molar-refractivity contribution in [1.29, 1.82) is 0 Å². The third-order valence-corrected chi connectivity index (χ3v) is 1.97. The molecule has 0 aromatic heterocycles. The molecule has 0 heterocycles. The van der Waals surface area contributed by atoms with Gasteiger partial charge in [0.25, 0.3) is 6.43 Å². The van der Waals surface area contributed by atoms with E-state index in [1.54, 1.807) is 18.2 Å². The van der Waals surface area contributed by atoms with E-state index in [2.05, 4.69) is 0 Å². The van der Waals surface area contributed by atoms with Gasteiger partial charge in [-0.2, -0.15) is 0 Å². The molecule has 0 amide bonds. The van der Waals surface area contributed by atoms with Gasteiger partial charge in [-0.1, -0.05) is 30.4 Å². The largest absolute Gasteiger partial charge is 0.263 e. The summed E-state index contributed by atoms with van der Waals surface area (Å²) >= 11 is 5.48. The standard InChI is InChI=1S/C11H11ClF2/c12-7-2-1-4-9-5-3-6-10(8-9)11(13)14/h1,3-6,8,11H,2,7H2. The summed E-state index contributed by atoms with van der Waals surface area (Å²) in [7, 11) is 0. The molecule has 0 aliphatic heterocycles. The zero-order valence-corrected chi connectivity index (χ0v) is 8.35. The first kappa shape index (κ1) is 11.2. The Morgan fingerprint density at radius 1 is 1.36 bits per heavy atom. The highest BCUT2D eigenvalue weighted by atomic mass is 35.5. The molecule has 3 heteroatoms. The van der Waals surface area contributed by atoms with Crippen LogP contribution in [0.4, 0.5) is 8.78 Å². The molecule has 14 heavy (non-hydrogen) atoms. The van der Waals surface area contributed by atoms with Crippen LogP contribution in [-0.2, 0) is 0 Å². The van der Waals surface area contributed by atoms with Gasteiger partial charge < -0.3 is 0 Å². The number of allylic oxidation sites excluding steroid dienone is 1. The van der Waals surface area contributed by atoms with Crippen LogP contribution in [0.1, 0.15) is 24.0 Å². The fraction of sp³-hybridized carbons (Fsp3) is 0.273. The normalized spacial score (nSPS) is 11.4. The van der Waals surface area contributed by atoms with E-state index in [0.29, 0.717) is 5.88 Å². The quantitative estimate of drug-likeness (QED) is 0.660. The second-order valence-corrected chi connectivity index (χ2v) is 3.23. The van der Waals surface area contributed by atoms with Gasteiger partial charge in [0.15, 0.2) is 0 Å². The molecule has 0 N–H and O–H groups in total. The van der Waals surface area contributed by atoms with Gasteiger partial charge in [-0.05, 0) is 18.1 Å². The molecule has 0 fully saturated rings. The van der Waals surface area contributed by atoms with Gasteiger partial charge in [0.05, 0.1) is 0 Å². The van der Waals surface area contributed by atoms with Crippen molar-refractivity contribution in [3.8, 4) is 0 Å². The highest BCUT2D eigenvalue weighted by Gasteiger charge is 2.05. The summed E-state index contributed by atoms with van der Waals surface area (Å²) in [6.45, 7) is 0. The Hall–Kier alpha value is -0.890. The summed E-state index contributed by atoms with van der Waals surface area (Å²) in [5.74, 6) is 0.547. The van der Waals surface area contributed by atoms with E-state index < -0.39 is 6.43 Å². The molecule has 0 spiro atoms. The lowest BCUT2D eigenvalue weighted by Gasteiger charge is -2.00. The maximum absolute atomic E-state index is 12.3. The fourth-order valence-corrected chi connectivity index (χ4v) is 1.21. The van der Waals surface area contributed by atoms with Gasteiger partial charge >= 0.3 is 0 Å². The van der Waals surface area contributed by atoms with Crippen LogP contribution in [0.2, 0.25) is 0 Å². The summed E-state index contributed by atoms with van der Waals surface area (Å²) in [5.41, 5.74) is 0.839. The Morgan fingerprint density at radius 3 is 2.79 bits per heavy atom. The van der Waals surface area contributed by atoms with Gasteiger partial charge in [-0.25, -0.2) is 8.78 Å². The zero-order valence-electron chi connectivity index (χ0n) is 7.59. The second kappa shape index (κ2) is 5.76. The van der Waals surface area contributed by atoms with Crippen LogP contribution in [0.25, 0.3) is 6.08 Å². The lowest BCUT2D eigenvalue weighted by Crippen LogP contribution is -1.83. The fourth-order valence-electron chi connectivity index (χ4n) is 1.08. The molecule has 1 aromatic carbocycles. The Morgan fingerprint density at radius 2 is 2.14 bits per heavy atom. The van der Waals surface area contributed by atoms with Gasteiger partial charge in [0, 0.05) is 11.4 Å². The first-order valence-corrected chi connectivity index (χ1v) is 4.88. The Bertz CT molecular complexity index is 308. The summed E-state index contributed by atoms with van der Waals surface area (Å²) in [6, 6.07) is 6.32. The summed E-state index contributed by atoms with van der Waals surface area (Å²) in [5, 5.41) is 0. The van der Waals surface area contributed by atoms with Crippen molar-refractivity contribution in [2.75, 3.05) is 5.88 Å². The van der Waals surface area contributed by atoms with Crippen molar-refractivity contribution in [1.82, 2.24) is 0 Å². The van der Waals surface area contributed by atoms with Crippen LogP contribution in [0, 0.1) is 0 Å². The van der Waals surface area contributed by atoms with Crippen molar-refractivity contribution in [2.24, 2.45) is 0 Å². The summed E-state index contributed by atoms with van der Waals surface area (Å²) < 4.78 is 24.6. The molecule has 0 saturated carbocycles. The third-order valence-electron chi connectivity index (χ3n) is 1.75. The topological polar surface area (TPSA) is 0 Å². The van der Waals surface area contributed by atoms with Crippen molar-refractivity contribution in [3.05, 3.63) is 41.5 Å². The zero-order chi connectivity index (χ0) is 10.4. The van der Waals surface area contributed by atoms with Crippen molar-refractivity contribution in [2.45, 2.75) is 12.8 Å². The Kier molecular flexibility index (Phi) is 4.60. The first-order valence-electron chi connectivity index (χ1n) is 4.34. The molecule has 0 nitrogen and oxygen atoms in total. The first-order chi connectivity index (χ1) is 6.74. The van der Waals surface area contributed by atoms with Crippen LogP contribution >= 0.6 is 11.6 Å². The third kappa shape index (κ3) is 3.46. The van der Waals surface area contributed by atoms with E-state index in [1.807, 2.05) is 6.08 Å². The smallest absolute Gasteiger partial charge is 0.205 e. The Labute approximate surface area is 87.2 Å². The van der Waals surface area contributed by atoms with E-state index in [9.17, 15) is 8.78 Å². The number of benzene rings is 1. The molecule has 0 aliphatic rings. The number of halogens is 3. The summed E-state index contributed by atoms with van der Waals surface area (Å²) in [4.78, 5) is 0. The molecule has 0 atom stereocenters. The van der Waals surface area contributed by atoms with Crippen LogP contribution < -0.4 is 0 Å². The number of hydrogen-bond donors (Lipinski definition) is 0. The number of alkyl halides is 3. The van der Waals surface area contributed by atoms with E-state index in [1.165, 1.54) is 12.1 Å². The van der Waals surface area contributed by atoms with Crippen LogP contribution in [0.15, 0.2) is 30.3 Å².